The fourth-order valence-corrected chi connectivity index (χ4v) is 6.81. The summed E-state index contributed by atoms with van der Waals surface area (Å²) in [5, 5.41) is 7.56. The fourth-order valence-electron chi connectivity index (χ4n) is 6.45. The number of anilines is 6. The Morgan fingerprint density at radius 3 is 1.23 bits per heavy atom. The van der Waals surface area contributed by atoms with Crippen LogP contribution in [0.5, 0.6) is 0 Å². The molecule has 8 aromatic rings. The van der Waals surface area contributed by atoms with E-state index in [1.165, 1.54) is 52.8 Å². The summed E-state index contributed by atoms with van der Waals surface area (Å²) in [6.07, 6.45) is 0. The number of rotatable bonds is 6. The number of aryl methyl sites for hydroxylation is 1. The third kappa shape index (κ3) is 4.56. The maximum atomic E-state index is 2.38. The van der Waals surface area contributed by atoms with Gasteiger partial charge in [-0.2, -0.15) is 0 Å². The first-order valence-electron chi connectivity index (χ1n) is 14.9. The van der Waals surface area contributed by atoms with Crippen LogP contribution in [0, 0.1) is 10.5 Å². The van der Waals surface area contributed by atoms with Gasteiger partial charge in [0.15, 0.2) is 0 Å². The highest BCUT2D eigenvalue weighted by Crippen LogP contribution is 2.47. The molecule has 0 aliphatic rings. The van der Waals surface area contributed by atoms with Crippen LogP contribution < -0.4 is 9.80 Å². The molecule has 210 valence electrons. The zero-order valence-corrected chi connectivity index (χ0v) is 26.4. The predicted octanol–water partition coefficient (Wildman–Crippen LogP) is 12.4. The van der Waals surface area contributed by atoms with Crippen LogP contribution in [0.15, 0.2) is 158 Å². The molecule has 0 heterocycles. The second-order valence-corrected chi connectivity index (χ2v) is 12.5. The summed E-state index contributed by atoms with van der Waals surface area (Å²) in [4.78, 5) is 4.76. The van der Waals surface area contributed by atoms with E-state index in [1.54, 1.807) is 0 Å². The molecular weight excluding hydrogens is 647 g/mol. The molecule has 8 aromatic carbocycles. The average molecular weight is 677 g/mol. The van der Waals surface area contributed by atoms with E-state index in [0.29, 0.717) is 0 Å². The van der Waals surface area contributed by atoms with E-state index in [4.69, 9.17) is 0 Å². The SMILES string of the molecule is Cc1ccc(N(c2ccccc2)c2ccc3ccc4c(N(c5ccccc5)c5ccc(I)cc5)ccc5ccc2c3c54)cc1. The lowest BCUT2D eigenvalue weighted by molar-refractivity contribution is 1.29. The number of benzene rings is 8. The Hall–Kier alpha value is -4.87. The third-order valence-corrected chi connectivity index (χ3v) is 9.23. The number of halogens is 1. The second-order valence-electron chi connectivity index (χ2n) is 11.2. The molecule has 0 amide bonds. The van der Waals surface area contributed by atoms with Gasteiger partial charge >= 0.3 is 0 Å². The van der Waals surface area contributed by atoms with Crippen LogP contribution >= 0.6 is 22.6 Å². The van der Waals surface area contributed by atoms with Crippen LogP contribution in [0.3, 0.4) is 0 Å². The summed E-state index contributed by atoms with van der Waals surface area (Å²) in [6.45, 7) is 2.14. The first-order chi connectivity index (χ1) is 21.7. The molecule has 0 saturated carbocycles. The van der Waals surface area contributed by atoms with E-state index in [9.17, 15) is 0 Å². The van der Waals surface area contributed by atoms with Gasteiger partial charge in [-0.3, -0.25) is 0 Å². The Morgan fingerprint density at radius 2 is 0.773 bits per heavy atom. The summed E-state index contributed by atoms with van der Waals surface area (Å²) < 4.78 is 1.22. The molecule has 3 heteroatoms. The van der Waals surface area contributed by atoms with Crippen molar-refractivity contribution >= 4 is 89.0 Å². The molecule has 0 fully saturated rings. The van der Waals surface area contributed by atoms with Gasteiger partial charge in [-0.25, -0.2) is 0 Å². The highest BCUT2D eigenvalue weighted by molar-refractivity contribution is 14.1. The molecule has 0 unspecified atom stereocenters. The highest BCUT2D eigenvalue weighted by atomic mass is 127. The van der Waals surface area contributed by atoms with Gasteiger partial charge in [0.2, 0.25) is 0 Å². The number of hydrogen-bond acceptors (Lipinski definition) is 2. The van der Waals surface area contributed by atoms with Crippen LogP contribution in [-0.2, 0) is 0 Å². The Labute approximate surface area is 271 Å². The minimum absolute atomic E-state index is 1.14. The molecular formula is C41H29IN2. The summed E-state index contributed by atoms with van der Waals surface area (Å²) in [5.41, 5.74) is 8.15. The van der Waals surface area contributed by atoms with Gasteiger partial charge in [-0.05, 0) is 124 Å². The van der Waals surface area contributed by atoms with Crippen molar-refractivity contribution in [2.24, 2.45) is 0 Å². The molecule has 44 heavy (non-hydrogen) atoms. The summed E-state index contributed by atoms with van der Waals surface area (Å²) in [5.74, 6) is 0. The molecule has 0 aliphatic heterocycles. The molecule has 0 bridgehead atoms. The largest absolute Gasteiger partial charge is 0.310 e. The molecule has 0 aromatic heterocycles. The van der Waals surface area contributed by atoms with Crippen molar-refractivity contribution in [2.75, 3.05) is 9.80 Å². The van der Waals surface area contributed by atoms with E-state index in [-0.39, 0.29) is 0 Å². The van der Waals surface area contributed by atoms with Crippen molar-refractivity contribution in [1.82, 2.24) is 0 Å². The van der Waals surface area contributed by atoms with Gasteiger partial charge in [0, 0.05) is 37.1 Å². The Kier molecular flexibility index (Phi) is 6.68. The zero-order chi connectivity index (χ0) is 29.6. The van der Waals surface area contributed by atoms with Crippen LogP contribution in [0.4, 0.5) is 34.1 Å². The predicted molar refractivity (Wildman–Crippen MR) is 197 cm³/mol. The van der Waals surface area contributed by atoms with Crippen molar-refractivity contribution < 1.29 is 0 Å². The number of hydrogen-bond donors (Lipinski definition) is 0. The molecule has 0 radical (unpaired) electrons. The van der Waals surface area contributed by atoms with Gasteiger partial charge < -0.3 is 9.80 Å². The van der Waals surface area contributed by atoms with Crippen molar-refractivity contribution in [3.05, 3.63) is 167 Å². The smallest absolute Gasteiger partial charge is 0.0540 e. The van der Waals surface area contributed by atoms with Crippen LogP contribution in [0.1, 0.15) is 5.56 Å². The van der Waals surface area contributed by atoms with Crippen LogP contribution in [-0.4, -0.2) is 0 Å². The first kappa shape index (κ1) is 26.7. The fraction of sp³-hybridized carbons (Fsp3) is 0.0244. The Morgan fingerprint density at radius 1 is 0.386 bits per heavy atom. The Balaban J connectivity index is 1.41. The number of para-hydroxylation sites is 2. The first-order valence-corrected chi connectivity index (χ1v) is 16.0. The lowest BCUT2D eigenvalue weighted by atomic mass is 9.91. The molecule has 0 spiro atoms. The van der Waals surface area contributed by atoms with Gasteiger partial charge in [0.1, 0.15) is 0 Å². The van der Waals surface area contributed by atoms with E-state index >= 15 is 0 Å². The van der Waals surface area contributed by atoms with E-state index < -0.39 is 0 Å². The molecule has 2 nitrogen and oxygen atoms in total. The van der Waals surface area contributed by atoms with Crippen molar-refractivity contribution in [2.45, 2.75) is 6.92 Å². The van der Waals surface area contributed by atoms with Crippen LogP contribution in [0.2, 0.25) is 0 Å². The second kappa shape index (κ2) is 11.0. The van der Waals surface area contributed by atoms with E-state index in [1.807, 2.05) is 0 Å². The quantitative estimate of drug-likeness (QED) is 0.128. The highest BCUT2D eigenvalue weighted by Gasteiger charge is 2.21. The molecule has 0 N–H and O–H groups in total. The molecule has 0 atom stereocenters. The van der Waals surface area contributed by atoms with Gasteiger partial charge in [-0.15, -0.1) is 0 Å². The average Bonchev–Trinajstić information content (AvgIpc) is 3.07. The van der Waals surface area contributed by atoms with Crippen molar-refractivity contribution in [3.63, 3.8) is 0 Å². The van der Waals surface area contributed by atoms with Crippen molar-refractivity contribution in [3.8, 4) is 0 Å². The summed E-state index contributed by atoms with van der Waals surface area (Å²) in [6, 6.07) is 57.2. The van der Waals surface area contributed by atoms with Crippen molar-refractivity contribution in [1.29, 1.82) is 0 Å². The monoisotopic (exact) mass is 676 g/mol. The molecule has 0 saturated heterocycles. The standard InChI is InChI=1S/C41H29IN2/c1-28-12-20-34(21-13-28)43(32-8-4-2-5-9-32)38-26-16-29-15-25-37-39(27-17-30-14-24-36(38)40(29)41(30)37)44(33-10-6-3-7-11-33)35-22-18-31(42)19-23-35/h2-27H,1H3. The normalized spacial score (nSPS) is 11.4. The Bertz CT molecular complexity index is 2060. The van der Waals surface area contributed by atoms with Gasteiger partial charge in [0.25, 0.3) is 0 Å². The number of nitrogens with zero attached hydrogens (tertiary/aromatic N) is 2. The maximum Gasteiger partial charge on any atom is 0.0540 e. The minimum atomic E-state index is 1.14. The zero-order valence-electron chi connectivity index (χ0n) is 24.3. The molecule has 0 aliphatic carbocycles. The van der Waals surface area contributed by atoms with Crippen LogP contribution in [0.25, 0.3) is 32.3 Å². The van der Waals surface area contributed by atoms with E-state index in [2.05, 4.69) is 197 Å². The molecule has 8 rings (SSSR count). The third-order valence-electron chi connectivity index (χ3n) is 8.51. The lowest BCUT2D eigenvalue weighted by Crippen LogP contribution is -2.11. The van der Waals surface area contributed by atoms with E-state index in [0.717, 1.165) is 22.7 Å². The van der Waals surface area contributed by atoms with Gasteiger partial charge in [0.05, 0.1) is 11.4 Å². The maximum absolute atomic E-state index is 2.38. The van der Waals surface area contributed by atoms with Gasteiger partial charge in [-0.1, -0.05) is 90.5 Å². The lowest BCUT2D eigenvalue weighted by Gasteiger charge is -2.29. The topological polar surface area (TPSA) is 6.48 Å². The summed E-state index contributed by atoms with van der Waals surface area (Å²) in [7, 11) is 0. The summed E-state index contributed by atoms with van der Waals surface area (Å²) >= 11 is 2.38. The minimum Gasteiger partial charge on any atom is -0.310 e.